The SMILES string of the molecule is CCCC(=O)Cc1c(-c2cc(Nc3cc4n(n3)CCN(C3COC3)C4)c(=O)n(C)n2)ccnc1N(C)C=O. The van der Waals surface area contributed by atoms with Gasteiger partial charge in [-0.3, -0.25) is 24.0 Å². The second-order valence-corrected chi connectivity index (χ2v) is 9.75. The zero-order valence-corrected chi connectivity index (χ0v) is 21.9. The van der Waals surface area contributed by atoms with Gasteiger partial charge in [-0.2, -0.15) is 10.2 Å². The fraction of sp³-hybridized carbons (Fsp3) is 0.462. The van der Waals surface area contributed by atoms with Crippen molar-refractivity contribution in [3.8, 4) is 11.3 Å². The molecule has 5 rings (SSSR count). The Kier molecular flexibility index (Phi) is 7.34. The third-order valence-corrected chi connectivity index (χ3v) is 6.99. The maximum atomic E-state index is 13.0. The molecule has 5 heterocycles. The lowest BCUT2D eigenvalue weighted by atomic mass is 9.98. The molecule has 38 heavy (non-hydrogen) atoms. The maximum absolute atomic E-state index is 13.0. The number of nitrogens with zero attached hydrogens (tertiary/aromatic N) is 7. The summed E-state index contributed by atoms with van der Waals surface area (Å²) in [6.45, 7) is 5.93. The summed E-state index contributed by atoms with van der Waals surface area (Å²) < 4.78 is 8.56. The molecular formula is C26H32N8O4. The molecule has 0 aromatic carbocycles. The average molecular weight is 521 g/mol. The number of hydrogen-bond donors (Lipinski definition) is 1. The first-order valence-corrected chi connectivity index (χ1v) is 12.8. The molecule has 1 saturated heterocycles. The van der Waals surface area contributed by atoms with Crippen LogP contribution in [0.15, 0.2) is 29.2 Å². The van der Waals surface area contributed by atoms with E-state index in [1.807, 2.05) is 17.7 Å². The molecule has 2 aliphatic heterocycles. The zero-order chi connectivity index (χ0) is 26.8. The Balaban J connectivity index is 1.48. The lowest BCUT2D eigenvalue weighted by molar-refractivity contribution is -0.118. The van der Waals surface area contributed by atoms with Gasteiger partial charge >= 0.3 is 0 Å². The van der Waals surface area contributed by atoms with Crippen molar-refractivity contribution in [2.24, 2.45) is 7.05 Å². The molecule has 0 saturated carbocycles. The molecular weight excluding hydrogens is 488 g/mol. The van der Waals surface area contributed by atoms with Crippen LogP contribution in [0.5, 0.6) is 0 Å². The number of Topliss-reactive ketones (excluding diaryl/α,β-unsaturated/α-hetero) is 1. The van der Waals surface area contributed by atoms with Crippen molar-refractivity contribution < 1.29 is 14.3 Å². The van der Waals surface area contributed by atoms with Gasteiger partial charge in [0.15, 0.2) is 5.82 Å². The quantitative estimate of drug-likeness (QED) is 0.396. The molecule has 0 aliphatic carbocycles. The Hall–Kier alpha value is -3.90. The topological polar surface area (TPSA) is 127 Å². The van der Waals surface area contributed by atoms with Crippen LogP contribution in [0.4, 0.5) is 17.3 Å². The number of ketones is 1. The van der Waals surface area contributed by atoms with Gasteiger partial charge in [0, 0.05) is 63.4 Å². The minimum absolute atomic E-state index is 0.0385. The molecule has 1 N–H and O–H groups in total. The van der Waals surface area contributed by atoms with Gasteiger partial charge in [0.05, 0.1) is 37.2 Å². The van der Waals surface area contributed by atoms with Gasteiger partial charge < -0.3 is 15.0 Å². The highest BCUT2D eigenvalue weighted by molar-refractivity contribution is 5.88. The third kappa shape index (κ3) is 5.09. The molecule has 12 heteroatoms. The molecule has 0 atom stereocenters. The molecule has 3 aromatic rings. The molecule has 1 amide bonds. The van der Waals surface area contributed by atoms with Crippen molar-refractivity contribution >= 4 is 29.5 Å². The van der Waals surface area contributed by atoms with E-state index in [4.69, 9.17) is 4.74 Å². The van der Waals surface area contributed by atoms with Gasteiger partial charge in [-0.05, 0) is 18.6 Å². The molecule has 200 valence electrons. The average Bonchev–Trinajstić information content (AvgIpc) is 3.27. The standard InChI is InChI=1S/C26H32N8O4/c1-4-5-19(36)11-21-20(6-7-27-25(21)31(2)16-35)22-12-23(26(37)32(3)29-22)28-24-10-17-13-33(18-14-38-15-18)8-9-34(17)30-24/h6-7,10,12,16,18H,4-5,8-9,11,13-15H2,1-3H3,(H,28,30). The van der Waals surface area contributed by atoms with Gasteiger partial charge in [0.1, 0.15) is 17.3 Å². The summed E-state index contributed by atoms with van der Waals surface area (Å²) in [4.78, 5) is 45.3. The van der Waals surface area contributed by atoms with Crippen LogP contribution in [0.2, 0.25) is 0 Å². The highest BCUT2D eigenvalue weighted by Crippen LogP contribution is 2.30. The first kappa shape index (κ1) is 25.7. The van der Waals surface area contributed by atoms with Crippen LogP contribution in [-0.2, 0) is 40.9 Å². The predicted octanol–water partition coefficient (Wildman–Crippen LogP) is 1.50. The number of anilines is 3. The lowest BCUT2D eigenvalue weighted by Crippen LogP contribution is -2.51. The maximum Gasteiger partial charge on any atom is 0.290 e. The van der Waals surface area contributed by atoms with E-state index in [1.54, 1.807) is 32.4 Å². The van der Waals surface area contributed by atoms with Gasteiger partial charge in [0.25, 0.3) is 5.56 Å². The Labute approximate surface area is 220 Å². The number of rotatable bonds is 10. The second kappa shape index (κ2) is 10.8. The van der Waals surface area contributed by atoms with Crippen LogP contribution in [0, 0.1) is 0 Å². The van der Waals surface area contributed by atoms with Gasteiger partial charge in [-0.25, -0.2) is 9.67 Å². The fourth-order valence-corrected chi connectivity index (χ4v) is 4.88. The number of nitrogens with one attached hydrogen (secondary N) is 1. The summed E-state index contributed by atoms with van der Waals surface area (Å²) in [5, 5.41) is 12.3. The summed E-state index contributed by atoms with van der Waals surface area (Å²) in [6.07, 6.45) is 3.47. The van der Waals surface area contributed by atoms with Crippen LogP contribution >= 0.6 is 0 Å². The van der Waals surface area contributed by atoms with E-state index in [1.165, 1.54) is 9.58 Å². The Bertz CT molecular complexity index is 1410. The summed E-state index contributed by atoms with van der Waals surface area (Å²) >= 11 is 0. The molecule has 2 aliphatic rings. The summed E-state index contributed by atoms with van der Waals surface area (Å²) in [7, 11) is 3.17. The van der Waals surface area contributed by atoms with Crippen molar-refractivity contribution in [3.05, 3.63) is 46.0 Å². The van der Waals surface area contributed by atoms with E-state index in [0.29, 0.717) is 53.0 Å². The van der Waals surface area contributed by atoms with E-state index in [2.05, 4.69) is 25.4 Å². The number of hydrogen-bond acceptors (Lipinski definition) is 9. The monoisotopic (exact) mass is 520 g/mol. The molecule has 1 fully saturated rings. The normalized spacial score (nSPS) is 15.6. The molecule has 0 unspecified atom stereocenters. The third-order valence-electron chi connectivity index (χ3n) is 6.99. The number of ether oxygens (including phenoxy) is 1. The number of fused-ring (bicyclic) bond motifs is 1. The lowest BCUT2D eigenvalue weighted by Gasteiger charge is -2.39. The highest BCUT2D eigenvalue weighted by atomic mass is 16.5. The summed E-state index contributed by atoms with van der Waals surface area (Å²) in [5.41, 5.74) is 2.78. The number of aromatic nitrogens is 5. The Morgan fingerprint density at radius 3 is 2.79 bits per heavy atom. The van der Waals surface area contributed by atoms with Crippen LogP contribution < -0.4 is 15.8 Å². The summed E-state index contributed by atoms with van der Waals surface area (Å²) in [5.74, 6) is 1.00. The van der Waals surface area contributed by atoms with E-state index in [0.717, 1.165) is 45.0 Å². The van der Waals surface area contributed by atoms with Crippen molar-refractivity contribution in [1.29, 1.82) is 0 Å². The van der Waals surface area contributed by atoms with Crippen molar-refractivity contribution in [1.82, 2.24) is 29.4 Å². The smallest absolute Gasteiger partial charge is 0.290 e. The predicted molar refractivity (Wildman–Crippen MR) is 141 cm³/mol. The van der Waals surface area contributed by atoms with Crippen LogP contribution in [-0.4, -0.2) is 74.5 Å². The van der Waals surface area contributed by atoms with Crippen LogP contribution in [0.3, 0.4) is 0 Å². The Morgan fingerprint density at radius 1 is 1.26 bits per heavy atom. The van der Waals surface area contributed by atoms with E-state index in [9.17, 15) is 14.4 Å². The number of carbonyl (C=O) groups is 2. The number of amides is 1. The first-order chi connectivity index (χ1) is 18.4. The molecule has 0 bridgehead atoms. The van der Waals surface area contributed by atoms with Gasteiger partial charge in [0.2, 0.25) is 6.41 Å². The number of carbonyl (C=O) groups excluding carboxylic acids is 2. The second-order valence-electron chi connectivity index (χ2n) is 9.75. The van der Waals surface area contributed by atoms with E-state index >= 15 is 0 Å². The minimum Gasteiger partial charge on any atom is -0.378 e. The van der Waals surface area contributed by atoms with Gasteiger partial charge in [-0.15, -0.1) is 0 Å². The molecule has 0 spiro atoms. The molecule has 0 radical (unpaired) electrons. The highest BCUT2D eigenvalue weighted by Gasteiger charge is 2.29. The molecule has 3 aromatic heterocycles. The first-order valence-electron chi connectivity index (χ1n) is 12.8. The van der Waals surface area contributed by atoms with Crippen molar-refractivity contribution in [3.63, 3.8) is 0 Å². The largest absolute Gasteiger partial charge is 0.378 e. The van der Waals surface area contributed by atoms with E-state index in [-0.39, 0.29) is 17.8 Å². The zero-order valence-electron chi connectivity index (χ0n) is 21.9. The van der Waals surface area contributed by atoms with E-state index < -0.39 is 0 Å². The minimum atomic E-state index is -0.309. The fourth-order valence-electron chi connectivity index (χ4n) is 4.88. The molecule has 12 nitrogen and oxygen atoms in total. The summed E-state index contributed by atoms with van der Waals surface area (Å²) in [6, 6.07) is 5.82. The van der Waals surface area contributed by atoms with Gasteiger partial charge in [-0.1, -0.05) is 6.92 Å². The van der Waals surface area contributed by atoms with Crippen LogP contribution in [0.25, 0.3) is 11.3 Å². The van der Waals surface area contributed by atoms with Crippen molar-refractivity contribution in [2.45, 2.75) is 45.3 Å². The number of pyridine rings is 1. The Morgan fingerprint density at radius 2 is 2.08 bits per heavy atom. The van der Waals surface area contributed by atoms with Crippen LogP contribution in [0.1, 0.15) is 31.0 Å². The van der Waals surface area contributed by atoms with Crippen molar-refractivity contribution in [2.75, 3.05) is 37.0 Å². The number of aryl methyl sites for hydroxylation is 1.